The molecule has 2 nitrogen and oxygen atoms in total. The van der Waals surface area contributed by atoms with Gasteiger partial charge in [0.2, 0.25) is 0 Å². The molecule has 2 heteroatoms. The second-order valence-corrected chi connectivity index (χ2v) is 4.02. The molecule has 1 aliphatic rings. The van der Waals surface area contributed by atoms with E-state index in [1.165, 1.54) is 0 Å². The number of aliphatic hydroxyl groups is 1. The second kappa shape index (κ2) is 3.71. The Kier molecular flexibility index (Phi) is 2.57. The molecule has 1 fully saturated rings. The Labute approximate surface area is 85.0 Å². The molecule has 1 aromatic rings. The number of nitrogens with one attached hydrogen (secondary N) is 1. The van der Waals surface area contributed by atoms with E-state index in [9.17, 15) is 5.11 Å². The highest BCUT2D eigenvalue weighted by Crippen LogP contribution is 2.38. The van der Waals surface area contributed by atoms with E-state index < -0.39 is 5.60 Å². The van der Waals surface area contributed by atoms with Gasteiger partial charge in [0, 0.05) is 6.04 Å². The van der Waals surface area contributed by atoms with Crippen LogP contribution in [-0.4, -0.2) is 18.2 Å². The van der Waals surface area contributed by atoms with E-state index in [1.54, 1.807) is 0 Å². The molecule has 2 rings (SSSR count). The molecule has 1 saturated carbocycles. The van der Waals surface area contributed by atoms with E-state index in [0.717, 1.165) is 24.8 Å². The van der Waals surface area contributed by atoms with E-state index in [2.05, 4.69) is 5.32 Å². The van der Waals surface area contributed by atoms with Crippen molar-refractivity contribution in [2.24, 2.45) is 0 Å². The molecule has 2 atom stereocenters. The van der Waals surface area contributed by atoms with E-state index >= 15 is 0 Å². The van der Waals surface area contributed by atoms with Crippen molar-refractivity contribution in [1.82, 2.24) is 5.32 Å². The maximum absolute atomic E-state index is 10.6. The first-order valence-electron chi connectivity index (χ1n) is 5.22. The number of likely N-dealkylation sites (N-methyl/N-ethyl adjacent to an activating group) is 1. The van der Waals surface area contributed by atoms with Gasteiger partial charge in [0.15, 0.2) is 0 Å². The van der Waals surface area contributed by atoms with Crippen molar-refractivity contribution in [2.75, 3.05) is 7.05 Å². The summed E-state index contributed by atoms with van der Waals surface area (Å²) in [5.41, 5.74) is 0.382. The van der Waals surface area contributed by atoms with Gasteiger partial charge in [0.1, 0.15) is 5.60 Å². The zero-order chi connectivity index (χ0) is 10.0. The van der Waals surface area contributed by atoms with Crippen LogP contribution in [0.15, 0.2) is 30.3 Å². The average molecular weight is 191 g/mol. The van der Waals surface area contributed by atoms with Crippen molar-refractivity contribution >= 4 is 0 Å². The van der Waals surface area contributed by atoms with Gasteiger partial charge in [-0.1, -0.05) is 30.3 Å². The van der Waals surface area contributed by atoms with Crippen molar-refractivity contribution in [3.8, 4) is 0 Å². The Bertz CT molecular complexity index is 298. The Balaban J connectivity index is 2.31. The van der Waals surface area contributed by atoms with Crippen LogP contribution in [0.2, 0.25) is 0 Å². The van der Waals surface area contributed by atoms with Crippen molar-refractivity contribution in [3.63, 3.8) is 0 Å². The van der Waals surface area contributed by atoms with Gasteiger partial charge in [-0.05, 0) is 31.9 Å². The summed E-state index contributed by atoms with van der Waals surface area (Å²) in [6.07, 6.45) is 3.02. The highest BCUT2D eigenvalue weighted by molar-refractivity contribution is 5.25. The lowest BCUT2D eigenvalue weighted by atomic mass is 9.89. The topological polar surface area (TPSA) is 32.3 Å². The molecule has 0 aromatic heterocycles. The van der Waals surface area contributed by atoms with Crippen LogP contribution in [0.5, 0.6) is 0 Å². The fourth-order valence-corrected chi connectivity index (χ4v) is 2.44. The monoisotopic (exact) mass is 191 g/mol. The van der Waals surface area contributed by atoms with E-state index in [-0.39, 0.29) is 6.04 Å². The van der Waals surface area contributed by atoms with Crippen LogP contribution in [0, 0.1) is 0 Å². The summed E-state index contributed by atoms with van der Waals surface area (Å²) in [5, 5.41) is 13.8. The minimum absolute atomic E-state index is 0.199. The van der Waals surface area contributed by atoms with Gasteiger partial charge in [0.25, 0.3) is 0 Å². The predicted octanol–water partition coefficient (Wildman–Crippen LogP) is 1.65. The molecule has 0 unspecified atom stereocenters. The largest absolute Gasteiger partial charge is 0.384 e. The SMILES string of the molecule is CN[C@H]1CCC[C@@]1(O)c1ccccc1. The number of hydrogen-bond donors (Lipinski definition) is 2. The summed E-state index contributed by atoms with van der Waals surface area (Å²) >= 11 is 0. The number of hydrogen-bond acceptors (Lipinski definition) is 2. The lowest BCUT2D eigenvalue weighted by molar-refractivity contribution is 0.0185. The molecule has 1 aromatic carbocycles. The minimum Gasteiger partial charge on any atom is -0.384 e. The highest BCUT2D eigenvalue weighted by atomic mass is 16.3. The van der Waals surface area contributed by atoms with E-state index in [0.29, 0.717) is 0 Å². The third kappa shape index (κ3) is 1.45. The van der Waals surface area contributed by atoms with Gasteiger partial charge in [-0.3, -0.25) is 0 Å². The lowest BCUT2D eigenvalue weighted by Gasteiger charge is -2.30. The summed E-state index contributed by atoms with van der Waals surface area (Å²) in [4.78, 5) is 0. The van der Waals surface area contributed by atoms with Gasteiger partial charge < -0.3 is 10.4 Å². The van der Waals surface area contributed by atoms with Gasteiger partial charge >= 0.3 is 0 Å². The average Bonchev–Trinajstić information content (AvgIpc) is 2.62. The standard InChI is InChI=1S/C12H17NO/c1-13-11-8-5-9-12(11,14)10-6-3-2-4-7-10/h2-4,6-7,11,13-14H,5,8-9H2,1H3/t11-,12+/m0/s1. The molecular formula is C12H17NO. The van der Waals surface area contributed by atoms with Gasteiger partial charge in [-0.25, -0.2) is 0 Å². The highest BCUT2D eigenvalue weighted by Gasteiger charge is 2.41. The number of benzene rings is 1. The molecule has 2 N–H and O–H groups in total. The quantitative estimate of drug-likeness (QED) is 0.745. The predicted molar refractivity (Wildman–Crippen MR) is 57.0 cm³/mol. The Morgan fingerprint density at radius 3 is 2.71 bits per heavy atom. The van der Waals surface area contributed by atoms with Gasteiger partial charge in [-0.15, -0.1) is 0 Å². The Morgan fingerprint density at radius 2 is 2.07 bits per heavy atom. The molecule has 1 aliphatic carbocycles. The van der Waals surface area contributed by atoms with Gasteiger partial charge in [0.05, 0.1) is 0 Å². The molecule has 0 spiro atoms. The van der Waals surface area contributed by atoms with E-state index in [4.69, 9.17) is 0 Å². The molecule has 0 saturated heterocycles. The summed E-state index contributed by atoms with van der Waals surface area (Å²) in [7, 11) is 1.92. The third-order valence-corrected chi connectivity index (χ3v) is 3.25. The van der Waals surface area contributed by atoms with Crippen molar-refractivity contribution in [3.05, 3.63) is 35.9 Å². The molecule has 0 amide bonds. The Morgan fingerprint density at radius 1 is 1.36 bits per heavy atom. The fraction of sp³-hybridized carbons (Fsp3) is 0.500. The van der Waals surface area contributed by atoms with Crippen LogP contribution >= 0.6 is 0 Å². The molecule has 0 bridgehead atoms. The molecule has 0 radical (unpaired) electrons. The number of rotatable bonds is 2. The first kappa shape index (κ1) is 9.69. The molecule has 0 aliphatic heterocycles. The van der Waals surface area contributed by atoms with Crippen molar-refractivity contribution in [2.45, 2.75) is 30.9 Å². The maximum Gasteiger partial charge on any atom is 0.105 e. The van der Waals surface area contributed by atoms with Crippen LogP contribution in [0.3, 0.4) is 0 Å². The minimum atomic E-state index is -0.657. The third-order valence-electron chi connectivity index (χ3n) is 3.25. The van der Waals surface area contributed by atoms with Crippen molar-refractivity contribution in [1.29, 1.82) is 0 Å². The summed E-state index contributed by atoms with van der Waals surface area (Å²) in [5.74, 6) is 0. The smallest absolute Gasteiger partial charge is 0.105 e. The molecule has 76 valence electrons. The fourth-order valence-electron chi connectivity index (χ4n) is 2.44. The summed E-state index contributed by atoms with van der Waals surface area (Å²) in [6, 6.07) is 10.2. The van der Waals surface area contributed by atoms with Crippen LogP contribution in [0.4, 0.5) is 0 Å². The molecule has 14 heavy (non-hydrogen) atoms. The first-order chi connectivity index (χ1) is 6.77. The van der Waals surface area contributed by atoms with Gasteiger partial charge in [-0.2, -0.15) is 0 Å². The summed E-state index contributed by atoms with van der Waals surface area (Å²) < 4.78 is 0. The normalized spacial score (nSPS) is 32.0. The van der Waals surface area contributed by atoms with Crippen LogP contribution in [0.25, 0.3) is 0 Å². The van der Waals surface area contributed by atoms with Crippen molar-refractivity contribution < 1.29 is 5.11 Å². The zero-order valence-corrected chi connectivity index (χ0v) is 8.53. The molecule has 0 heterocycles. The van der Waals surface area contributed by atoms with Crippen LogP contribution in [-0.2, 0) is 5.60 Å². The Hall–Kier alpha value is -0.860. The first-order valence-corrected chi connectivity index (χ1v) is 5.22. The molecular weight excluding hydrogens is 174 g/mol. The zero-order valence-electron chi connectivity index (χ0n) is 8.53. The lowest BCUT2D eigenvalue weighted by Crippen LogP contribution is -2.42. The summed E-state index contributed by atoms with van der Waals surface area (Å²) in [6.45, 7) is 0. The van der Waals surface area contributed by atoms with Crippen LogP contribution in [0.1, 0.15) is 24.8 Å². The van der Waals surface area contributed by atoms with E-state index in [1.807, 2.05) is 37.4 Å². The maximum atomic E-state index is 10.6. The second-order valence-electron chi connectivity index (χ2n) is 4.02. The van der Waals surface area contributed by atoms with Crippen LogP contribution < -0.4 is 5.32 Å².